The minimum atomic E-state index is -1.00. The Labute approximate surface area is 178 Å². The summed E-state index contributed by atoms with van der Waals surface area (Å²) in [7, 11) is 2.37. The molecule has 0 fully saturated rings. The van der Waals surface area contributed by atoms with E-state index in [0.29, 0.717) is 5.56 Å². The number of hydrogen-bond acceptors (Lipinski definition) is 7. The minimum Gasteiger partial charge on any atom is -0.507 e. The molecule has 2 aromatic rings. The van der Waals surface area contributed by atoms with Crippen molar-refractivity contribution >= 4 is 17.5 Å². The molecule has 0 saturated carbocycles. The number of hydrogen-bond donors (Lipinski definition) is 4. The van der Waals surface area contributed by atoms with Gasteiger partial charge in [-0.05, 0) is 25.3 Å². The quantitative estimate of drug-likeness (QED) is 0.360. The van der Waals surface area contributed by atoms with Gasteiger partial charge in [0, 0.05) is 23.8 Å². The summed E-state index contributed by atoms with van der Waals surface area (Å²) in [5.41, 5.74) is 0.143. The number of ketones is 2. The van der Waals surface area contributed by atoms with Gasteiger partial charge in [0.25, 0.3) is 0 Å². The fourth-order valence-electron chi connectivity index (χ4n) is 4.02. The van der Waals surface area contributed by atoms with Crippen molar-refractivity contribution in [2.75, 3.05) is 14.2 Å². The molecule has 0 amide bonds. The van der Waals surface area contributed by atoms with Gasteiger partial charge in [-0.2, -0.15) is 0 Å². The number of carboxylic acids is 1. The maximum absolute atomic E-state index is 13.1. The predicted octanol–water partition coefficient (Wildman–Crippen LogP) is 1.93. The van der Waals surface area contributed by atoms with E-state index in [-0.39, 0.29) is 58.6 Å². The summed E-state index contributed by atoms with van der Waals surface area (Å²) in [5, 5.41) is 37.7. The molecule has 0 heterocycles. The van der Waals surface area contributed by atoms with Gasteiger partial charge in [-0.3, -0.25) is 14.4 Å². The number of terminal acetylenes is 1. The van der Waals surface area contributed by atoms with Crippen LogP contribution in [0.4, 0.5) is 0 Å². The number of carboxylic acid groups (broad SMARTS) is 1. The second-order valence-electron chi connectivity index (χ2n) is 6.72. The standard InChI is InChI=1S/C20H16O7.C2H2.CH4O/c1-27-12-4-2-3-10-13(12)19(24)15-14(17(10)22)18(23)11-7-8(20(25)26)5-6-9(11)16(15)21;2*1-2/h2-4,8,21,23H,5-7H2,1H3,(H,25,26);1-2H;2H,1H3. The van der Waals surface area contributed by atoms with Crippen LogP contribution in [-0.2, 0) is 17.6 Å². The maximum Gasteiger partial charge on any atom is 0.306 e. The first-order chi connectivity index (χ1) is 14.9. The van der Waals surface area contributed by atoms with E-state index in [0.717, 1.165) is 7.11 Å². The molecule has 162 valence electrons. The Bertz CT molecular complexity index is 1080. The maximum atomic E-state index is 13.1. The fourth-order valence-corrected chi connectivity index (χ4v) is 4.02. The van der Waals surface area contributed by atoms with E-state index in [1.54, 1.807) is 12.1 Å². The average Bonchev–Trinajstić information content (AvgIpc) is 2.81. The lowest BCUT2D eigenvalue weighted by molar-refractivity contribution is -0.142. The van der Waals surface area contributed by atoms with E-state index in [4.69, 9.17) is 9.84 Å². The Morgan fingerprint density at radius 3 is 2.16 bits per heavy atom. The van der Waals surface area contributed by atoms with Crippen LogP contribution >= 0.6 is 0 Å². The highest BCUT2D eigenvalue weighted by atomic mass is 16.5. The van der Waals surface area contributed by atoms with Crippen molar-refractivity contribution in [2.45, 2.75) is 19.3 Å². The number of aliphatic hydroxyl groups is 1. The minimum absolute atomic E-state index is 0.0101. The molecule has 0 aromatic heterocycles. The van der Waals surface area contributed by atoms with Crippen molar-refractivity contribution in [1.82, 2.24) is 0 Å². The third-order valence-electron chi connectivity index (χ3n) is 5.37. The topological polar surface area (TPSA) is 141 Å². The van der Waals surface area contributed by atoms with Crippen molar-refractivity contribution < 1.29 is 39.5 Å². The Balaban J connectivity index is 0.000000807. The van der Waals surface area contributed by atoms with E-state index in [9.17, 15) is 29.7 Å². The normalized spacial score (nSPS) is 15.7. The summed E-state index contributed by atoms with van der Waals surface area (Å²) in [5.74, 6) is -3.51. The van der Waals surface area contributed by atoms with Gasteiger partial charge in [-0.15, -0.1) is 12.8 Å². The van der Waals surface area contributed by atoms with Crippen LogP contribution in [0.1, 0.15) is 49.4 Å². The SMILES string of the molecule is C#C.CO.COc1cccc2c1C(=O)c1c(O)c3c(c(O)c1C2=O)CC(C(=O)O)CC3. The van der Waals surface area contributed by atoms with Crippen molar-refractivity contribution in [3.63, 3.8) is 0 Å². The lowest BCUT2D eigenvalue weighted by Crippen LogP contribution is -2.27. The van der Waals surface area contributed by atoms with E-state index in [1.807, 2.05) is 0 Å². The van der Waals surface area contributed by atoms with Gasteiger partial charge in [-0.25, -0.2) is 0 Å². The third-order valence-corrected chi connectivity index (χ3v) is 5.37. The molecule has 4 rings (SSSR count). The van der Waals surface area contributed by atoms with E-state index >= 15 is 0 Å². The second-order valence-corrected chi connectivity index (χ2v) is 6.72. The van der Waals surface area contributed by atoms with Crippen LogP contribution in [0, 0.1) is 18.8 Å². The molecule has 2 aliphatic carbocycles. The number of aliphatic carboxylic acids is 1. The number of fused-ring (bicyclic) bond motifs is 3. The molecule has 1 unspecified atom stereocenters. The first kappa shape index (κ1) is 23.4. The summed E-state index contributed by atoms with van der Waals surface area (Å²) in [6, 6.07) is 4.56. The number of aromatic hydroxyl groups is 2. The average molecular weight is 426 g/mol. The van der Waals surface area contributed by atoms with Crippen molar-refractivity contribution in [3.05, 3.63) is 51.6 Å². The van der Waals surface area contributed by atoms with Crippen molar-refractivity contribution in [3.8, 4) is 30.1 Å². The lowest BCUT2D eigenvalue weighted by Gasteiger charge is -2.28. The molecular formula is C23H22O8. The molecule has 31 heavy (non-hydrogen) atoms. The zero-order chi connectivity index (χ0) is 23.5. The summed E-state index contributed by atoms with van der Waals surface area (Å²) in [6.45, 7) is 0. The van der Waals surface area contributed by atoms with Gasteiger partial charge >= 0.3 is 5.97 Å². The highest BCUT2D eigenvalue weighted by Gasteiger charge is 2.40. The molecule has 0 saturated heterocycles. The number of carbonyl (C=O) groups is 3. The van der Waals surface area contributed by atoms with Crippen LogP contribution in [0.15, 0.2) is 18.2 Å². The third kappa shape index (κ3) is 3.60. The molecule has 0 bridgehead atoms. The van der Waals surface area contributed by atoms with Crippen LogP contribution in [0.5, 0.6) is 17.2 Å². The van der Waals surface area contributed by atoms with E-state index in [1.165, 1.54) is 13.2 Å². The number of methoxy groups -OCH3 is 1. The van der Waals surface area contributed by atoms with Gasteiger partial charge in [0.1, 0.15) is 17.2 Å². The van der Waals surface area contributed by atoms with Gasteiger partial charge < -0.3 is 25.2 Å². The molecule has 2 aliphatic rings. The smallest absolute Gasteiger partial charge is 0.306 e. The molecule has 0 spiro atoms. The Morgan fingerprint density at radius 2 is 1.58 bits per heavy atom. The number of phenols is 2. The molecule has 2 aromatic carbocycles. The van der Waals surface area contributed by atoms with Gasteiger partial charge in [0.05, 0.1) is 29.7 Å². The highest BCUT2D eigenvalue weighted by Crippen LogP contribution is 2.47. The Hall–Kier alpha value is -3.83. The summed E-state index contributed by atoms with van der Waals surface area (Å²) >= 11 is 0. The highest BCUT2D eigenvalue weighted by molar-refractivity contribution is 6.31. The number of phenolic OH excluding ortho intramolecular Hbond substituents is 2. The Morgan fingerprint density at radius 1 is 1.00 bits per heavy atom. The van der Waals surface area contributed by atoms with Crippen molar-refractivity contribution in [2.24, 2.45) is 5.92 Å². The zero-order valence-corrected chi connectivity index (χ0v) is 17.0. The number of ether oxygens (including phenoxy) is 1. The van der Waals surface area contributed by atoms with Crippen LogP contribution in [0.25, 0.3) is 0 Å². The molecule has 0 radical (unpaired) electrons. The first-order valence-electron chi connectivity index (χ1n) is 9.23. The largest absolute Gasteiger partial charge is 0.507 e. The molecule has 8 heteroatoms. The number of carbonyl (C=O) groups excluding carboxylic acids is 2. The van der Waals surface area contributed by atoms with E-state index < -0.39 is 29.2 Å². The summed E-state index contributed by atoms with van der Waals surface area (Å²) in [6.07, 6.45) is 8.46. The zero-order valence-electron chi connectivity index (χ0n) is 17.0. The van der Waals surface area contributed by atoms with Gasteiger partial charge in [0.15, 0.2) is 5.78 Å². The number of aliphatic hydroxyl groups excluding tert-OH is 1. The van der Waals surface area contributed by atoms with E-state index in [2.05, 4.69) is 12.8 Å². The lowest BCUT2D eigenvalue weighted by atomic mass is 9.75. The molecule has 0 aliphatic heterocycles. The number of rotatable bonds is 2. The van der Waals surface area contributed by atoms with Crippen LogP contribution in [-0.4, -0.2) is 52.2 Å². The summed E-state index contributed by atoms with van der Waals surface area (Å²) < 4.78 is 5.19. The van der Waals surface area contributed by atoms with Crippen LogP contribution < -0.4 is 4.74 Å². The summed E-state index contributed by atoms with van der Waals surface area (Å²) in [4.78, 5) is 37.4. The van der Waals surface area contributed by atoms with Crippen molar-refractivity contribution in [1.29, 1.82) is 0 Å². The predicted molar refractivity (Wildman–Crippen MR) is 111 cm³/mol. The van der Waals surface area contributed by atoms with Gasteiger partial charge in [-0.1, -0.05) is 12.1 Å². The Kier molecular flexibility index (Phi) is 7.05. The molecule has 1 atom stereocenters. The molecular weight excluding hydrogens is 404 g/mol. The number of benzene rings is 2. The monoisotopic (exact) mass is 426 g/mol. The second kappa shape index (κ2) is 9.32. The molecule has 8 nitrogen and oxygen atoms in total. The van der Waals surface area contributed by atoms with Gasteiger partial charge in [0.2, 0.25) is 5.78 Å². The molecule has 4 N–H and O–H groups in total. The van der Waals surface area contributed by atoms with Crippen LogP contribution in [0.2, 0.25) is 0 Å². The first-order valence-corrected chi connectivity index (χ1v) is 9.23. The fraction of sp³-hybridized carbons (Fsp3) is 0.261. The van der Waals surface area contributed by atoms with Crippen LogP contribution in [0.3, 0.4) is 0 Å².